The van der Waals surface area contributed by atoms with Gasteiger partial charge in [-0.2, -0.15) is 0 Å². The normalized spacial score (nSPS) is 14.7. The number of ketones is 1. The number of benzene rings is 1. The Bertz CT molecular complexity index is 685. The van der Waals surface area contributed by atoms with Gasteiger partial charge in [-0.25, -0.2) is 0 Å². The number of carbonyl (C=O) groups excluding carboxylic acids is 3. The Hall–Kier alpha value is -2.41. The summed E-state index contributed by atoms with van der Waals surface area (Å²) in [6.07, 6.45) is 0. The minimum atomic E-state index is -0.691. The first-order valence-corrected chi connectivity index (χ1v) is 8.98. The second kappa shape index (κ2) is 8.80. The Kier molecular flexibility index (Phi) is 6.74. The molecular weight excluding hydrogens is 334 g/mol. The average Bonchev–Trinajstić information content (AvgIpc) is 2.63. The molecule has 1 unspecified atom stereocenters. The van der Waals surface area contributed by atoms with E-state index in [0.29, 0.717) is 23.5 Å². The first kappa shape index (κ1) is 19.9. The molecule has 1 N–H and O–H groups in total. The average molecular weight is 361 g/mol. The maximum Gasteiger partial charge on any atom is 0.265 e. The van der Waals surface area contributed by atoms with Gasteiger partial charge in [-0.1, -0.05) is 13.8 Å². The molecule has 26 heavy (non-hydrogen) atoms. The molecule has 0 aliphatic carbocycles. The molecule has 0 saturated heterocycles. The number of hydrogen-bond acceptors (Lipinski definition) is 5. The molecule has 142 valence electrons. The van der Waals surface area contributed by atoms with Crippen LogP contribution in [0.1, 0.15) is 38.1 Å². The zero-order chi connectivity index (χ0) is 19.3. The van der Waals surface area contributed by atoms with E-state index >= 15 is 0 Å². The van der Waals surface area contributed by atoms with Gasteiger partial charge in [-0.05, 0) is 45.1 Å². The number of nitrogens with zero attached hydrogens (tertiary/aromatic N) is 2. The summed E-state index contributed by atoms with van der Waals surface area (Å²) in [4.78, 5) is 40.2. The highest BCUT2D eigenvalue weighted by Gasteiger charge is 2.33. The maximum atomic E-state index is 12.5. The van der Waals surface area contributed by atoms with E-state index in [0.717, 1.165) is 19.6 Å². The van der Waals surface area contributed by atoms with Crippen LogP contribution in [-0.2, 0) is 9.59 Å². The molecule has 2 rings (SSSR count). The van der Waals surface area contributed by atoms with E-state index < -0.39 is 6.04 Å². The van der Waals surface area contributed by atoms with E-state index in [-0.39, 0.29) is 24.2 Å². The molecule has 1 atom stereocenters. The van der Waals surface area contributed by atoms with Gasteiger partial charge in [-0.3, -0.25) is 19.3 Å². The lowest BCUT2D eigenvalue weighted by molar-refractivity contribution is -0.127. The molecule has 0 aromatic heterocycles. The summed E-state index contributed by atoms with van der Waals surface area (Å²) >= 11 is 0. The first-order chi connectivity index (χ1) is 12.4. The second-order valence-electron chi connectivity index (χ2n) is 6.28. The Morgan fingerprint density at radius 3 is 2.62 bits per heavy atom. The van der Waals surface area contributed by atoms with Gasteiger partial charge in [0.25, 0.3) is 5.91 Å². The summed E-state index contributed by atoms with van der Waals surface area (Å²) in [5.74, 6) is -0.143. The number of anilines is 1. The number of amides is 2. The molecule has 2 amide bonds. The zero-order valence-electron chi connectivity index (χ0n) is 15.9. The van der Waals surface area contributed by atoms with E-state index in [1.165, 1.54) is 11.8 Å². The van der Waals surface area contributed by atoms with Gasteiger partial charge >= 0.3 is 0 Å². The van der Waals surface area contributed by atoms with Crippen molar-refractivity contribution < 1.29 is 19.1 Å². The fraction of sp³-hybridized carbons (Fsp3) is 0.526. The number of likely N-dealkylation sites (N-methyl/N-ethyl adjacent to an activating group) is 1. The largest absolute Gasteiger partial charge is 0.482 e. The number of Topliss-reactive ketones (excluding diaryl/α,β-unsaturated/α-hetero) is 1. The van der Waals surface area contributed by atoms with Crippen molar-refractivity contribution in [2.45, 2.75) is 33.7 Å². The molecule has 7 nitrogen and oxygen atoms in total. The van der Waals surface area contributed by atoms with E-state index in [9.17, 15) is 14.4 Å². The lowest BCUT2D eigenvalue weighted by Gasteiger charge is -2.33. The second-order valence-corrected chi connectivity index (χ2v) is 6.28. The number of ether oxygens (including phenoxy) is 1. The fourth-order valence-electron chi connectivity index (χ4n) is 2.96. The van der Waals surface area contributed by atoms with Crippen LogP contribution in [0.4, 0.5) is 5.69 Å². The molecule has 0 fully saturated rings. The first-order valence-electron chi connectivity index (χ1n) is 8.98. The maximum absolute atomic E-state index is 12.5. The quantitative estimate of drug-likeness (QED) is 0.709. The third-order valence-corrected chi connectivity index (χ3v) is 4.63. The number of nitrogens with one attached hydrogen (secondary N) is 1. The SMILES string of the molecule is CCN(CC)CCNC(=O)C(C)N1C(=O)COc2ccc(C(C)=O)cc21. The van der Waals surface area contributed by atoms with Gasteiger partial charge in [0.1, 0.15) is 11.8 Å². The van der Waals surface area contributed by atoms with Gasteiger partial charge in [0.15, 0.2) is 12.4 Å². The van der Waals surface area contributed by atoms with Crippen LogP contribution in [-0.4, -0.2) is 61.3 Å². The predicted molar refractivity (Wildman–Crippen MR) is 99.7 cm³/mol. The highest BCUT2D eigenvalue weighted by Crippen LogP contribution is 2.34. The monoisotopic (exact) mass is 361 g/mol. The van der Waals surface area contributed by atoms with E-state index in [2.05, 4.69) is 24.1 Å². The minimum Gasteiger partial charge on any atom is -0.482 e. The minimum absolute atomic E-state index is 0.109. The van der Waals surface area contributed by atoms with Crippen LogP contribution >= 0.6 is 0 Å². The van der Waals surface area contributed by atoms with Crippen molar-refractivity contribution in [1.29, 1.82) is 0 Å². The van der Waals surface area contributed by atoms with Crippen molar-refractivity contribution in [2.24, 2.45) is 0 Å². The van der Waals surface area contributed by atoms with Crippen molar-refractivity contribution in [1.82, 2.24) is 10.2 Å². The Morgan fingerprint density at radius 1 is 1.31 bits per heavy atom. The number of hydrogen-bond donors (Lipinski definition) is 1. The van der Waals surface area contributed by atoms with Crippen molar-refractivity contribution in [3.63, 3.8) is 0 Å². The number of carbonyl (C=O) groups is 3. The molecule has 1 aromatic carbocycles. The van der Waals surface area contributed by atoms with Gasteiger partial charge in [0.05, 0.1) is 5.69 Å². The van der Waals surface area contributed by atoms with Gasteiger partial charge in [0, 0.05) is 18.7 Å². The standard InChI is InChI=1S/C19H27N3O4/c1-5-21(6-2)10-9-20-19(25)13(3)22-16-11-15(14(4)23)7-8-17(16)26-12-18(22)24/h7-8,11,13H,5-6,9-10,12H2,1-4H3,(H,20,25). The van der Waals surface area contributed by atoms with Crippen LogP contribution in [0.3, 0.4) is 0 Å². The summed E-state index contributed by atoms with van der Waals surface area (Å²) in [6.45, 7) is 10.3. The summed E-state index contributed by atoms with van der Waals surface area (Å²) < 4.78 is 5.43. The number of rotatable bonds is 8. The molecule has 0 bridgehead atoms. The van der Waals surface area contributed by atoms with Crippen LogP contribution in [0, 0.1) is 0 Å². The highest BCUT2D eigenvalue weighted by atomic mass is 16.5. The molecule has 7 heteroatoms. The molecule has 0 spiro atoms. The van der Waals surface area contributed by atoms with Gasteiger partial charge < -0.3 is 15.0 Å². The molecule has 1 aliphatic rings. The van der Waals surface area contributed by atoms with Gasteiger partial charge in [0.2, 0.25) is 5.91 Å². The zero-order valence-corrected chi connectivity index (χ0v) is 15.9. The van der Waals surface area contributed by atoms with Crippen LogP contribution in [0.2, 0.25) is 0 Å². The number of fused-ring (bicyclic) bond motifs is 1. The lowest BCUT2D eigenvalue weighted by atomic mass is 10.1. The van der Waals surface area contributed by atoms with Crippen LogP contribution in [0.5, 0.6) is 5.75 Å². The van der Waals surface area contributed by atoms with E-state index in [4.69, 9.17) is 4.74 Å². The Morgan fingerprint density at radius 2 is 2.00 bits per heavy atom. The fourth-order valence-corrected chi connectivity index (χ4v) is 2.96. The van der Waals surface area contributed by atoms with Crippen molar-refractivity contribution in [3.8, 4) is 5.75 Å². The molecule has 0 radical (unpaired) electrons. The Labute approximate surface area is 154 Å². The highest BCUT2D eigenvalue weighted by molar-refractivity contribution is 6.05. The van der Waals surface area contributed by atoms with Crippen LogP contribution < -0.4 is 15.0 Å². The smallest absolute Gasteiger partial charge is 0.265 e. The molecule has 1 aromatic rings. The lowest BCUT2D eigenvalue weighted by Crippen LogP contribution is -2.52. The van der Waals surface area contributed by atoms with Crippen LogP contribution in [0.15, 0.2) is 18.2 Å². The van der Waals surface area contributed by atoms with Gasteiger partial charge in [-0.15, -0.1) is 0 Å². The summed E-state index contributed by atoms with van der Waals surface area (Å²) in [7, 11) is 0. The summed E-state index contributed by atoms with van der Waals surface area (Å²) in [5, 5.41) is 2.89. The van der Waals surface area contributed by atoms with Crippen molar-refractivity contribution in [2.75, 3.05) is 37.7 Å². The van der Waals surface area contributed by atoms with E-state index in [1.54, 1.807) is 25.1 Å². The predicted octanol–water partition coefficient (Wildman–Crippen LogP) is 1.46. The van der Waals surface area contributed by atoms with Crippen molar-refractivity contribution >= 4 is 23.3 Å². The summed E-state index contributed by atoms with van der Waals surface area (Å²) in [6, 6.07) is 4.23. The molecular formula is C19H27N3O4. The van der Waals surface area contributed by atoms with E-state index in [1.807, 2.05) is 0 Å². The Balaban J connectivity index is 2.14. The van der Waals surface area contributed by atoms with Crippen molar-refractivity contribution in [3.05, 3.63) is 23.8 Å². The third-order valence-electron chi connectivity index (χ3n) is 4.63. The topological polar surface area (TPSA) is 79.0 Å². The molecule has 1 heterocycles. The molecule has 0 saturated carbocycles. The third kappa shape index (κ3) is 4.40. The van der Waals surface area contributed by atoms with Crippen LogP contribution in [0.25, 0.3) is 0 Å². The molecule has 1 aliphatic heterocycles. The summed E-state index contributed by atoms with van der Waals surface area (Å²) in [5.41, 5.74) is 0.932.